The zero-order chi connectivity index (χ0) is 20.3. The Morgan fingerprint density at radius 2 is 1.68 bits per heavy atom. The van der Waals surface area contributed by atoms with Crippen LogP contribution in [0.2, 0.25) is 0 Å². The van der Waals surface area contributed by atoms with Gasteiger partial charge in [0.05, 0.1) is 5.56 Å². The van der Waals surface area contributed by atoms with Gasteiger partial charge in [0.25, 0.3) is 0 Å². The standard InChI is InChI=1S/C21H22F3NO3/c22-21(23,24)18-17(28-12-14-7-5-13(11-25)6-8-14)10-9-16(20(18)27)19(26)15-3-1-2-4-15/h5-10,15,27H,1-4,11-12,25H2. The largest absolute Gasteiger partial charge is 0.506 e. The molecule has 0 unspecified atom stereocenters. The van der Waals surface area contributed by atoms with Crippen LogP contribution >= 0.6 is 0 Å². The molecule has 0 heterocycles. The number of ether oxygens (including phenoxy) is 1. The molecule has 0 atom stereocenters. The first-order valence-corrected chi connectivity index (χ1v) is 9.19. The van der Waals surface area contributed by atoms with Crippen LogP contribution < -0.4 is 10.5 Å². The number of alkyl halides is 3. The Bertz CT molecular complexity index is 841. The summed E-state index contributed by atoms with van der Waals surface area (Å²) in [4.78, 5) is 12.5. The molecule has 4 nitrogen and oxygen atoms in total. The molecule has 0 spiro atoms. The van der Waals surface area contributed by atoms with Crippen molar-refractivity contribution >= 4 is 5.78 Å². The van der Waals surface area contributed by atoms with Gasteiger partial charge in [-0.1, -0.05) is 37.1 Å². The Morgan fingerprint density at radius 3 is 2.25 bits per heavy atom. The molecule has 0 amide bonds. The quantitative estimate of drug-likeness (QED) is 0.690. The molecule has 0 aliphatic heterocycles. The van der Waals surface area contributed by atoms with Crippen molar-refractivity contribution in [3.8, 4) is 11.5 Å². The van der Waals surface area contributed by atoms with E-state index in [-0.39, 0.29) is 18.1 Å². The van der Waals surface area contributed by atoms with Crippen LogP contribution in [-0.4, -0.2) is 10.9 Å². The maximum atomic E-state index is 13.6. The molecule has 0 bridgehead atoms. The van der Waals surface area contributed by atoms with Crippen LogP contribution in [0.3, 0.4) is 0 Å². The highest BCUT2D eigenvalue weighted by Crippen LogP contribution is 2.45. The van der Waals surface area contributed by atoms with E-state index in [2.05, 4.69) is 0 Å². The van der Waals surface area contributed by atoms with Gasteiger partial charge >= 0.3 is 6.18 Å². The van der Waals surface area contributed by atoms with Gasteiger partial charge in [0.2, 0.25) is 0 Å². The number of hydrogen-bond acceptors (Lipinski definition) is 4. The topological polar surface area (TPSA) is 72.5 Å². The molecule has 1 saturated carbocycles. The predicted molar refractivity (Wildman–Crippen MR) is 98.1 cm³/mol. The molecule has 150 valence electrons. The van der Waals surface area contributed by atoms with Crippen LogP contribution in [0, 0.1) is 5.92 Å². The van der Waals surface area contributed by atoms with Crippen molar-refractivity contribution in [2.24, 2.45) is 11.7 Å². The molecule has 2 aromatic rings. The number of aromatic hydroxyl groups is 1. The van der Waals surface area contributed by atoms with Crippen molar-refractivity contribution in [2.45, 2.75) is 45.0 Å². The predicted octanol–water partition coefficient (Wildman–Crippen LogP) is 4.82. The second-order valence-electron chi connectivity index (χ2n) is 6.99. The van der Waals surface area contributed by atoms with Gasteiger partial charge in [-0.05, 0) is 36.1 Å². The fraction of sp³-hybridized carbons (Fsp3) is 0.381. The van der Waals surface area contributed by atoms with E-state index < -0.39 is 29.0 Å². The zero-order valence-corrected chi connectivity index (χ0v) is 15.3. The van der Waals surface area contributed by atoms with Crippen LogP contribution in [0.5, 0.6) is 11.5 Å². The minimum Gasteiger partial charge on any atom is -0.506 e. The van der Waals surface area contributed by atoms with Crippen molar-refractivity contribution in [2.75, 3.05) is 0 Å². The van der Waals surface area contributed by atoms with Crippen molar-refractivity contribution in [3.63, 3.8) is 0 Å². The van der Waals surface area contributed by atoms with Crippen molar-refractivity contribution in [1.82, 2.24) is 0 Å². The minimum atomic E-state index is -4.85. The number of rotatable bonds is 6. The highest BCUT2D eigenvalue weighted by molar-refractivity contribution is 6.01. The Labute approximate surface area is 161 Å². The van der Waals surface area contributed by atoms with Gasteiger partial charge < -0.3 is 15.6 Å². The SMILES string of the molecule is NCc1ccc(COc2ccc(C(=O)C3CCCC3)c(O)c2C(F)(F)F)cc1. The van der Waals surface area contributed by atoms with Gasteiger partial charge in [0.1, 0.15) is 23.7 Å². The maximum Gasteiger partial charge on any atom is 0.423 e. The molecule has 1 aliphatic rings. The average Bonchev–Trinajstić information content (AvgIpc) is 3.20. The first-order valence-electron chi connectivity index (χ1n) is 9.19. The molecule has 3 N–H and O–H groups in total. The Kier molecular flexibility index (Phi) is 5.93. The van der Waals surface area contributed by atoms with Crippen LogP contribution in [-0.2, 0) is 19.3 Å². The average molecular weight is 393 g/mol. The first kappa shape index (κ1) is 20.2. The maximum absolute atomic E-state index is 13.6. The number of Topliss-reactive ketones (excluding diaryl/α,β-unsaturated/α-hetero) is 1. The molecule has 0 saturated heterocycles. The molecule has 1 fully saturated rings. The molecule has 1 aliphatic carbocycles. The fourth-order valence-electron chi connectivity index (χ4n) is 3.51. The first-order chi connectivity index (χ1) is 13.3. The number of phenolic OH excluding ortho intramolecular Hbond substituents is 1. The van der Waals surface area contributed by atoms with E-state index in [4.69, 9.17) is 10.5 Å². The lowest BCUT2D eigenvalue weighted by Crippen LogP contribution is -2.15. The summed E-state index contributed by atoms with van der Waals surface area (Å²) in [7, 11) is 0. The molecule has 2 aromatic carbocycles. The fourth-order valence-corrected chi connectivity index (χ4v) is 3.51. The summed E-state index contributed by atoms with van der Waals surface area (Å²) < 4.78 is 46.1. The Balaban J connectivity index is 1.87. The van der Waals surface area contributed by atoms with Crippen molar-refractivity contribution in [3.05, 3.63) is 58.7 Å². The van der Waals surface area contributed by atoms with Gasteiger partial charge in [-0.3, -0.25) is 4.79 Å². The highest BCUT2D eigenvalue weighted by Gasteiger charge is 2.40. The molecule has 3 rings (SSSR count). The summed E-state index contributed by atoms with van der Waals surface area (Å²) in [6.45, 7) is 0.257. The van der Waals surface area contributed by atoms with Gasteiger partial charge in [-0.15, -0.1) is 0 Å². The van der Waals surface area contributed by atoms with E-state index >= 15 is 0 Å². The molecule has 0 radical (unpaired) electrons. The summed E-state index contributed by atoms with van der Waals surface area (Å²) >= 11 is 0. The van der Waals surface area contributed by atoms with Gasteiger partial charge in [-0.25, -0.2) is 0 Å². The third-order valence-corrected chi connectivity index (χ3v) is 5.07. The van der Waals surface area contributed by atoms with E-state index in [1.54, 1.807) is 24.3 Å². The molecule has 28 heavy (non-hydrogen) atoms. The van der Waals surface area contributed by atoms with Crippen LogP contribution in [0.4, 0.5) is 13.2 Å². The second kappa shape index (κ2) is 8.22. The summed E-state index contributed by atoms with van der Waals surface area (Å²) in [6, 6.07) is 9.30. The van der Waals surface area contributed by atoms with Crippen LogP contribution in [0.1, 0.15) is 52.7 Å². The van der Waals surface area contributed by atoms with Gasteiger partial charge in [0.15, 0.2) is 5.78 Å². The van der Waals surface area contributed by atoms with Gasteiger partial charge in [-0.2, -0.15) is 13.2 Å². The number of ketones is 1. The highest BCUT2D eigenvalue weighted by atomic mass is 19.4. The second-order valence-corrected chi connectivity index (χ2v) is 6.99. The lowest BCUT2D eigenvalue weighted by molar-refractivity contribution is -0.140. The smallest absolute Gasteiger partial charge is 0.423 e. The lowest BCUT2D eigenvalue weighted by atomic mass is 9.93. The molecule has 0 aromatic heterocycles. The van der Waals surface area contributed by atoms with Crippen LogP contribution in [0.15, 0.2) is 36.4 Å². The number of benzene rings is 2. The summed E-state index contributed by atoms with van der Waals surface area (Å²) in [5.41, 5.74) is 5.48. The summed E-state index contributed by atoms with van der Waals surface area (Å²) in [6.07, 6.45) is -1.84. The minimum absolute atomic E-state index is 0.108. The van der Waals surface area contributed by atoms with Crippen LogP contribution in [0.25, 0.3) is 0 Å². The number of carbonyl (C=O) groups excluding carboxylic acids is 1. The summed E-state index contributed by atoms with van der Waals surface area (Å²) in [5, 5.41) is 10.3. The van der Waals surface area contributed by atoms with Crippen molar-refractivity contribution in [1.29, 1.82) is 0 Å². The zero-order valence-electron chi connectivity index (χ0n) is 15.3. The van der Waals surface area contributed by atoms with E-state index in [9.17, 15) is 23.1 Å². The van der Waals surface area contributed by atoms with E-state index in [0.717, 1.165) is 24.5 Å². The third kappa shape index (κ3) is 4.30. The third-order valence-electron chi connectivity index (χ3n) is 5.07. The summed E-state index contributed by atoms with van der Waals surface area (Å²) in [5.74, 6) is -2.33. The molecule has 7 heteroatoms. The van der Waals surface area contributed by atoms with E-state index in [1.807, 2.05) is 0 Å². The lowest BCUT2D eigenvalue weighted by Gasteiger charge is -2.18. The monoisotopic (exact) mass is 393 g/mol. The number of phenols is 1. The van der Waals surface area contributed by atoms with Gasteiger partial charge in [0, 0.05) is 12.5 Å². The number of halogens is 3. The number of carbonyl (C=O) groups is 1. The molecular formula is C21H22F3NO3. The molecular weight excluding hydrogens is 371 g/mol. The normalized spacial score (nSPS) is 15.0. The van der Waals surface area contributed by atoms with Crippen molar-refractivity contribution < 1.29 is 27.8 Å². The number of nitrogens with two attached hydrogens (primary N) is 1. The van der Waals surface area contributed by atoms with E-state index in [1.165, 1.54) is 6.07 Å². The van der Waals surface area contributed by atoms with E-state index in [0.29, 0.717) is 24.9 Å². The number of hydrogen-bond donors (Lipinski definition) is 2. The Morgan fingerprint density at radius 1 is 1.07 bits per heavy atom. The Hall–Kier alpha value is -2.54.